The van der Waals surface area contributed by atoms with Gasteiger partial charge in [-0.3, -0.25) is 4.79 Å². The van der Waals surface area contributed by atoms with Crippen LogP contribution in [0.25, 0.3) is 0 Å². The van der Waals surface area contributed by atoms with Crippen molar-refractivity contribution in [2.75, 3.05) is 13.1 Å². The standard InChI is InChI=1S/C15H20F3N3O2/c16-15(17,18)12-6-4-11(5-7-12)8-10-20-13(22)3-1-2-9-21-14(19)23/h4-7H,1-3,8-10H2,(H,20,22)(H3,19,21,23). The van der Waals surface area contributed by atoms with Crippen molar-refractivity contribution in [2.24, 2.45) is 5.73 Å². The van der Waals surface area contributed by atoms with Gasteiger partial charge in [0.2, 0.25) is 5.91 Å². The maximum atomic E-state index is 12.4. The lowest BCUT2D eigenvalue weighted by Gasteiger charge is -2.08. The molecular weight excluding hydrogens is 311 g/mol. The molecule has 4 N–H and O–H groups in total. The maximum Gasteiger partial charge on any atom is 0.416 e. The van der Waals surface area contributed by atoms with E-state index >= 15 is 0 Å². The van der Waals surface area contributed by atoms with E-state index in [-0.39, 0.29) is 5.91 Å². The second-order valence-electron chi connectivity index (χ2n) is 5.04. The molecule has 23 heavy (non-hydrogen) atoms. The lowest BCUT2D eigenvalue weighted by atomic mass is 10.1. The van der Waals surface area contributed by atoms with Gasteiger partial charge in [0.05, 0.1) is 5.56 Å². The average Bonchev–Trinajstić information content (AvgIpc) is 2.46. The monoisotopic (exact) mass is 331 g/mol. The molecule has 3 amide bonds. The minimum atomic E-state index is -4.34. The smallest absolute Gasteiger partial charge is 0.356 e. The van der Waals surface area contributed by atoms with Gasteiger partial charge in [-0.05, 0) is 37.0 Å². The van der Waals surface area contributed by atoms with Crippen LogP contribution < -0.4 is 16.4 Å². The number of carbonyl (C=O) groups is 2. The van der Waals surface area contributed by atoms with Crippen LogP contribution in [-0.4, -0.2) is 25.0 Å². The van der Waals surface area contributed by atoms with Crippen LogP contribution in [0.3, 0.4) is 0 Å². The van der Waals surface area contributed by atoms with E-state index in [0.29, 0.717) is 38.8 Å². The fourth-order valence-electron chi connectivity index (χ4n) is 1.92. The van der Waals surface area contributed by atoms with Crippen LogP contribution in [0.4, 0.5) is 18.0 Å². The van der Waals surface area contributed by atoms with Crippen molar-refractivity contribution in [3.63, 3.8) is 0 Å². The lowest BCUT2D eigenvalue weighted by molar-refractivity contribution is -0.137. The Bertz CT molecular complexity index is 516. The molecule has 0 saturated carbocycles. The lowest BCUT2D eigenvalue weighted by Crippen LogP contribution is -2.30. The van der Waals surface area contributed by atoms with Crippen molar-refractivity contribution in [2.45, 2.75) is 31.9 Å². The van der Waals surface area contributed by atoms with Crippen LogP contribution in [-0.2, 0) is 17.4 Å². The van der Waals surface area contributed by atoms with Gasteiger partial charge in [-0.25, -0.2) is 4.79 Å². The summed E-state index contributed by atoms with van der Waals surface area (Å²) in [6, 6.07) is 4.28. The average molecular weight is 331 g/mol. The summed E-state index contributed by atoms with van der Waals surface area (Å²) in [6.07, 6.45) is -2.28. The van der Waals surface area contributed by atoms with Crippen LogP contribution in [0.15, 0.2) is 24.3 Å². The zero-order valence-electron chi connectivity index (χ0n) is 12.6. The third-order valence-corrected chi connectivity index (χ3v) is 3.15. The molecule has 1 aromatic rings. The van der Waals surface area contributed by atoms with Crippen LogP contribution in [0.5, 0.6) is 0 Å². The molecule has 0 heterocycles. The first-order valence-corrected chi connectivity index (χ1v) is 7.25. The summed E-state index contributed by atoms with van der Waals surface area (Å²) in [6.45, 7) is 0.790. The van der Waals surface area contributed by atoms with E-state index in [1.807, 2.05) is 0 Å². The zero-order valence-corrected chi connectivity index (χ0v) is 12.6. The number of halogens is 3. The number of hydrogen-bond acceptors (Lipinski definition) is 2. The Balaban J connectivity index is 2.18. The number of carbonyl (C=O) groups excluding carboxylic acids is 2. The summed E-state index contributed by atoms with van der Waals surface area (Å²) in [5.41, 5.74) is 4.94. The highest BCUT2D eigenvalue weighted by molar-refractivity contribution is 5.75. The molecule has 1 aromatic carbocycles. The number of primary amides is 1. The van der Waals surface area contributed by atoms with Crippen LogP contribution >= 0.6 is 0 Å². The third-order valence-electron chi connectivity index (χ3n) is 3.15. The molecule has 0 bridgehead atoms. The molecule has 0 spiro atoms. The predicted octanol–water partition coefficient (Wildman–Crippen LogP) is 2.20. The molecule has 0 aromatic heterocycles. The van der Waals surface area contributed by atoms with Crippen molar-refractivity contribution < 1.29 is 22.8 Å². The van der Waals surface area contributed by atoms with Crippen LogP contribution in [0.2, 0.25) is 0 Å². The molecule has 128 valence electrons. The van der Waals surface area contributed by atoms with Gasteiger partial charge in [-0.15, -0.1) is 0 Å². The second kappa shape index (κ2) is 9.02. The summed E-state index contributed by atoms with van der Waals surface area (Å²) in [7, 11) is 0. The van der Waals surface area contributed by atoms with Gasteiger partial charge in [-0.2, -0.15) is 13.2 Å². The Morgan fingerprint density at radius 2 is 1.65 bits per heavy atom. The Hall–Kier alpha value is -2.25. The first-order valence-electron chi connectivity index (χ1n) is 7.25. The van der Waals surface area contributed by atoms with Gasteiger partial charge in [0.1, 0.15) is 0 Å². The van der Waals surface area contributed by atoms with Crippen molar-refractivity contribution in [1.29, 1.82) is 0 Å². The number of benzene rings is 1. The molecule has 1 rings (SSSR count). The third kappa shape index (κ3) is 8.08. The molecule has 0 fully saturated rings. The van der Waals surface area contributed by atoms with Gasteiger partial charge in [0.25, 0.3) is 0 Å². The quantitative estimate of drug-likeness (QED) is 0.638. The highest BCUT2D eigenvalue weighted by atomic mass is 19.4. The number of rotatable bonds is 8. The first kappa shape index (κ1) is 18.8. The van der Waals surface area contributed by atoms with Crippen molar-refractivity contribution >= 4 is 11.9 Å². The Kier molecular flexibility index (Phi) is 7.37. The molecule has 0 aliphatic heterocycles. The van der Waals surface area contributed by atoms with Crippen molar-refractivity contribution in [3.8, 4) is 0 Å². The number of unbranched alkanes of at least 4 members (excludes halogenated alkanes) is 1. The molecule has 0 unspecified atom stereocenters. The van der Waals surface area contributed by atoms with Crippen LogP contribution in [0, 0.1) is 0 Å². The van der Waals surface area contributed by atoms with E-state index in [1.165, 1.54) is 12.1 Å². The van der Waals surface area contributed by atoms with Crippen LogP contribution in [0.1, 0.15) is 30.4 Å². The number of nitrogens with one attached hydrogen (secondary N) is 2. The summed E-state index contributed by atoms with van der Waals surface area (Å²) in [5, 5.41) is 5.13. The summed E-state index contributed by atoms with van der Waals surface area (Å²) in [4.78, 5) is 22.0. The SMILES string of the molecule is NC(=O)NCCCCC(=O)NCCc1ccc(C(F)(F)F)cc1. The molecule has 0 aliphatic carbocycles. The molecule has 0 atom stereocenters. The van der Waals surface area contributed by atoms with Gasteiger partial charge in [0, 0.05) is 19.5 Å². The Morgan fingerprint density at radius 3 is 2.22 bits per heavy atom. The fraction of sp³-hybridized carbons (Fsp3) is 0.467. The topological polar surface area (TPSA) is 84.2 Å². The van der Waals surface area contributed by atoms with Crippen molar-refractivity contribution in [3.05, 3.63) is 35.4 Å². The number of urea groups is 1. The number of amides is 3. The molecule has 5 nitrogen and oxygen atoms in total. The Labute approximate surface area is 132 Å². The van der Waals surface area contributed by atoms with E-state index in [2.05, 4.69) is 10.6 Å². The van der Waals surface area contributed by atoms with E-state index < -0.39 is 17.8 Å². The van der Waals surface area contributed by atoms with E-state index in [9.17, 15) is 22.8 Å². The minimum absolute atomic E-state index is 0.129. The normalized spacial score (nSPS) is 11.1. The molecule has 0 saturated heterocycles. The Morgan fingerprint density at radius 1 is 1.00 bits per heavy atom. The van der Waals surface area contributed by atoms with Gasteiger partial charge >= 0.3 is 12.2 Å². The van der Waals surface area contributed by atoms with E-state index in [1.54, 1.807) is 0 Å². The van der Waals surface area contributed by atoms with Gasteiger partial charge in [-0.1, -0.05) is 12.1 Å². The molecule has 0 radical (unpaired) electrons. The number of alkyl halides is 3. The molecule has 0 aliphatic rings. The number of nitrogens with two attached hydrogens (primary N) is 1. The summed E-state index contributed by atoms with van der Waals surface area (Å²) < 4.78 is 37.2. The highest BCUT2D eigenvalue weighted by Crippen LogP contribution is 2.29. The van der Waals surface area contributed by atoms with Crippen molar-refractivity contribution in [1.82, 2.24) is 10.6 Å². The van der Waals surface area contributed by atoms with Gasteiger partial charge in [0.15, 0.2) is 0 Å². The zero-order chi connectivity index (χ0) is 17.3. The van der Waals surface area contributed by atoms with Gasteiger partial charge < -0.3 is 16.4 Å². The summed E-state index contributed by atoms with van der Waals surface area (Å²) >= 11 is 0. The largest absolute Gasteiger partial charge is 0.416 e. The minimum Gasteiger partial charge on any atom is -0.356 e. The molecular formula is C15H20F3N3O2. The second-order valence-corrected chi connectivity index (χ2v) is 5.04. The summed E-state index contributed by atoms with van der Waals surface area (Å²) in [5.74, 6) is -0.129. The van der Waals surface area contributed by atoms with E-state index in [0.717, 1.165) is 17.7 Å². The fourth-order valence-corrected chi connectivity index (χ4v) is 1.92. The number of hydrogen-bond donors (Lipinski definition) is 3. The van der Waals surface area contributed by atoms with E-state index in [4.69, 9.17) is 5.73 Å². The first-order chi connectivity index (χ1) is 10.8. The molecule has 8 heteroatoms. The predicted molar refractivity (Wildman–Crippen MR) is 79.6 cm³/mol. The maximum absolute atomic E-state index is 12.4. The highest BCUT2D eigenvalue weighted by Gasteiger charge is 2.29.